The lowest BCUT2D eigenvalue weighted by Gasteiger charge is -2.28. The van der Waals surface area contributed by atoms with Crippen LogP contribution in [0.5, 0.6) is 0 Å². The molecule has 1 aromatic heterocycles. The number of carbonyl (C=O) groups excluding carboxylic acids is 1. The Bertz CT molecular complexity index is 680. The molecule has 0 radical (unpaired) electrons. The summed E-state index contributed by atoms with van der Waals surface area (Å²) in [5, 5.41) is 9.62. The standard InChI is InChI=1S/C22H39N5O3.HI/c1-7-23-19(25-16-22(5,6)26-20(28)30-21(2,3)4)24-15-17(18-11-10-14-29-18)27-12-8-9-13-27;/h10-11,14,17H,7-9,12-13,15-16H2,1-6H3,(H,26,28)(H2,23,24,25);1H. The fourth-order valence-electron chi connectivity index (χ4n) is 3.38. The van der Waals surface area contributed by atoms with Crippen molar-refractivity contribution in [2.24, 2.45) is 4.99 Å². The van der Waals surface area contributed by atoms with E-state index in [1.165, 1.54) is 12.8 Å². The number of halogens is 1. The fraction of sp³-hybridized carbons (Fsp3) is 0.727. The molecule has 0 bridgehead atoms. The highest BCUT2D eigenvalue weighted by atomic mass is 127. The predicted octanol–water partition coefficient (Wildman–Crippen LogP) is 3.89. The average molecular weight is 549 g/mol. The van der Waals surface area contributed by atoms with Crippen molar-refractivity contribution in [2.75, 3.05) is 32.7 Å². The molecule has 8 nitrogen and oxygen atoms in total. The number of furan rings is 1. The number of alkyl carbamates (subject to hydrolysis) is 1. The molecule has 1 aromatic rings. The van der Waals surface area contributed by atoms with Crippen molar-refractivity contribution in [3.8, 4) is 0 Å². The monoisotopic (exact) mass is 549 g/mol. The molecule has 1 aliphatic rings. The lowest BCUT2D eigenvalue weighted by molar-refractivity contribution is 0.0476. The van der Waals surface area contributed by atoms with Crippen LogP contribution in [-0.2, 0) is 4.74 Å². The van der Waals surface area contributed by atoms with Crippen LogP contribution < -0.4 is 16.0 Å². The first-order valence-corrected chi connectivity index (χ1v) is 10.9. The number of nitrogens with one attached hydrogen (secondary N) is 3. The molecule has 2 rings (SSSR count). The molecule has 2 heterocycles. The minimum atomic E-state index is -0.542. The number of amides is 1. The number of hydrogen-bond donors (Lipinski definition) is 3. The quantitative estimate of drug-likeness (QED) is 0.259. The van der Waals surface area contributed by atoms with Crippen LogP contribution in [0.15, 0.2) is 27.8 Å². The number of carbonyl (C=O) groups is 1. The van der Waals surface area contributed by atoms with Crippen LogP contribution in [-0.4, -0.2) is 60.8 Å². The van der Waals surface area contributed by atoms with E-state index in [-0.39, 0.29) is 30.0 Å². The van der Waals surface area contributed by atoms with Crippen molar-refractivity contribution >= 4 is 36.0 Å². The Kier molecular flexibility index (Phi) is 11.1. The first kappa shape index (κ1) is 27.5. The maximum Gasteiger partial charge on any atom is 0.408 e. The predicted molar refractivity (Wildman–Crippen MR) is 135 cm³/mol. The average Bonchev–Trinajstić information content (AvgIpc) is 3.32. The molecule has 1 aliphatic heterocycles. The number of hydrogen-bond acceptors (Lipinski definition) is 5. The van der Waals surface area contributed by atoms with Gasteiger partial charge in [0.05, 0.1) is 24.4 Å². The summed E-state index contributed by atoms with van der Waals surface area (Å²) in [6, 6.07) is 4.13. The van der Waals surface area contributed by atoms with Crippen LogP contribution in [0.3, 0.4) is 0 Å². The van der Waals surface area contributed by atoms with Gasteiger partial charge in [0.2, 0.25) is 0 Å². The molecule has 1 fully saturated rings. The number of likely N-dealkylation sites (tertiary alicyclic amines) is 1. The van der Waals surface area contributed by atoms with E-state index in [4.69, 9.17) is 9.15 Å². The van der Waals surface area contributed by atoms with Gasteiger partial charge in [0, 0.05) is 13.1 Å². The lowest BCUT2D eigenvalue weighted by Crippen LogP contribution is -2.49. The zero-order valence-electron chi connectivity index (χ0n) is 19.8. The number of nitrogens with zero attached hydrogens (tertiary/aromatic N) is 2. The summed E-state index contributed by atoms with van der Waals surface area (Å²) in [5.74, 6) is 1.68. The molecule has 1 atom stereocenters. The first-order valence-electron chi connectivity index (χ1n) is 10.9. The largest absolute Gasteiger partial charge is 0.468 e. The SMILES string of the molecule is CCNC(=NCC(C)(C)NC(=O)OC(C)(C)C)NCC(c1ccco1)N1CCCC1.I. The van der Waals surface area contributed by atoms with Crippen molar-refractivity contribution in [1.29, 1.82) is 0 Å². The second-order valence-corrected chi connectivity index (χ2v) is 9.36. The summed E-state index contributed by atoms with van der Waals surface area (Å²) in [4.78, 5) is 19.2. The summed E-state index contributed by atoms with van der Waals surface area (Å²) in [7, 11) is 0. The minimum absolute atomic E-state index is 0. The Morgan fingerprint density at radius 3 is 2.45 bits per heavy atom. The van der Waals surface area contributed by atoms with Crippen LogP contribution >= 0.6 is 24.0 Å². The van der Waals surface area contributed by atoms with Gasteiger partial charge in [-0.05, 0) is 79.6 Å². The first-order chi connectivity index (χ1) is 14.1. The van der Waals surface area contributed by atoms with E-state index >= 15 is 0 Å². The highest BCUT2D eigenvalue weighted by Crippen LogP contribution is 2.24. The van der Waals surface area contributed by atoms with Gasteiger partial charge in [-0.3, -0.25) is 9.89 Å². The highest BCUT2D eigenvalue weighted by molar-refractivity contribution is 14.0. The lowest BCUT2D eigenvalue weighted by atomic mass is 10.1. The van der Waals surface area contributed by atoms with Crippen LogP contribution in [0.2, 0.25) is 0 Å². The summed E-state index contributed by atoms with van der Waals surface area (Å²) >= 11 is 0. The van der Waals surface area contributed by atoms with Gasteiger partial charge < -0.3 is 25.1 Å². The summed E-state index contributed by atoms with van der Waals surface area (Å²) in [6.45, 7) is 15.5. The molecule has 0 spiro atoms. The number of rotatable bonds is 8. The summed E-state index contributed by atoms with van der Waals surface area (Å²) in [6.07, 6.45) is 3.72. The van der Waals surface area contributed by atoms with Crippen molar-refractivity contribution in [2.45, 2.75) is 71.6 Å². The van der Waals surface area contributed by atoms with Crippen LogP contribution in [0, 0.1) is 0 Å². The van der Waals surface area contributed by atoms with E-state index in [0.717, 1.165) is 25.4 Å². The molecular formula is C22H40IN5O3. The van der Waals surface area contributed by atoms with Crippen molar-refractivity contribution in [3.05, 3.63) is 24.2 Å². The van der Waals surface area contributed by atoms with Crippen molar-refractivity contribution in [3.63, 3.8) is 0 Å². The van der Waals surface area contributed by atoms with Gasteiger partial charge in [0.25, 0.3) is 0 Å². The van der Waals surface area contributed by atoms with Gasteiger partial charge >= 0.3 is 6.09 Å². The topological polar surface area (TPSA) is 91.1 Å². The van der Waals surface area contributed by atoms with Crippen LogP contribution in [0.25, 0.3) is 0 Å². The number of guanidine groups is 1. The third kappa shape index (κ3) is 10.1. The molecule has 31 heavy (non-hydrogen) atoms. The third-order valence-electron chi connectivity index (χ3n) is 4.73. The molecule has 9 heteroatoms. The zero-order valence-corrected chi connectivity index (χ0v) is 22.1. The highest BCUT2D eigenvalue weighted by Gasteiger charge is 2.27. The molecule has 0 aliphatic carbocycles. The van der Waals surface area contributed by atoms with Gasteiger partial charge in [0.1, 0.15) is 11.4 Å². The second-order valence-electron chi connectivity index (χ2n) is 9.36. The maximum atomic E-state index is 12.1. The summed E-state index contributed by atoms with van der Waals surface area (Å²) < 4.78 is 11.1. The minimum Gasteiger partial charge on any atom is -0.468 e. The Hall–Kier alpha value is -1.49. The van der Waals surface area contributed by atoms with E-state index in [1.54, 1.807) is 6.26 Å². The fourth-order valence-corrected chi connectivity index (χ4v) is 3.38. The van der Waals surface area contributed by atoms with E-state index in [0.29, 0.717) is 19.0 Å². The smallest absolute Gasteiger partial charge is 0.408 e. The van der Waals surface area contributed by atoms with Gasteiger partial charge in [0.15, 0.2) is 5.96 Å². The van der Waals surface area contributed by atoms with Crippen molar-refractivity contribution in [1.82, 2.24) is 20.9 Å². The third-order valence-corrected chi connectivity index (χ3v) is 4.73. The zero-order chi connectivity index (χ0) is 22.2. The van der Waals surface area contributed by atoms with E-state index < -0.39 is 17.2 Å². The second kappa shape index (κ2) is 12.5. The molecule has 1 unspecified atom stereocenters. The van der Waals surface area contributed by atoms with E-state index in [1.807, 2.05) is 53.7 Å². The Morgan fingerprint density at radius 1 is 1.23 bits per heavy atom. The molecule has 178 valence electrons. The van der Waals surface area contributed by atoms with Gasteiger partial charge in [-0.2, -0.15) is 0 Å². The van der Waals surface area contributed by atoms with Gasteiger partial charge in [-0.15, -0.1) is 24.0 Å². The molecule has 1 amide bonds. The Labute approximate surface area is 204 Å². The van der Waals surface area contributed by atoms with E-state index in [2.05, 4.69) is 25.8 Å². The Balaban J connectivity index is 0.00000480. The molecular weight excluding hydrogens is 509 g/mol. The number of aliphatic imine (C=N–C) groups is 1. The summed E-state index contributed by atoms with van der Waals surface area (Å²) in [5.41, 5.74) is -1.07. The molecule has 0 saturated carbocycles. The normalized spacial score (nSPS) is 16.4. The molecule has 0 aromatic carbocycles. The van der Waals surface area contributed by atoms with Crippen LogP contribution in [0.1, 0.15) is 66.2 Å². The van der Waals surface area contributed by atoms with Gasteiger partial charge in [-0.1, -0.05) is 0 Å². The molecule has 3 N–H and O–H groups in total. The molecule has 1 saturated heterocycles. The number of ether oxygens (including phenoxy) is 1. The van der Waals surface area contributed by atoms with Crippen LogP contribution in [0.4, 0.5) is 4.79 Å². The Morgan fingerprint density at radius 2 is 1.90 bits per heavy atom. The van der Waals surface area contributed by atoms with Gasteiger partial charge in [-0.25, -0.2) is 4.79 Å². The van der Waals surface area contributed by atoms with Crippen molar-refractivity contribution < 1.29 is 13.9 Å². The van der Waals surface area contributed by atoms with E-state index in [9.17, 15) is 4.79 Å². The maximum absolute atomic E-state index is 12.1.